The summed E-state index contributed by atoms with van der Waals surface area (Å²) in [7, 11) is 0. The van der Waals surface area contributed by atoms with Gasteiger partial charge in [-0.2, -0.15) is 0 Å². The summed E-state index contributed by atoms with van der Waals surface area (Å²) in [5, 5.41) is 8.20. The lowest BCUT2D eigenvalue weighted by Gasteiger charge is -2.36. The number of hydrogen-bond donors (Lipinski definition) is 1. The number of carbonyl (C=O) groups is 3. The maximum Gasteiger partial charge on any atom is 0.353 e. The zero-order valence-electron chi connectivity index (χ0n) is 16.7. The maximum atomic E-state index is 13.2. The maximum absolute atomic E-state index is 13.2. The molecular weight excluding hydrogens is 332 g/mol. The van der Waals surface area contributed by atoms with Crippen molar-refractivity contribution in [1.82, 2.24) is 4.90 Å². The number of esters is 1. The summed E-state index contributed by atoms with van der Waals surface area (Å²) in [5.74, 6) is -1.70. The van der Waals surface area contributed by atoms with Gasteiger partial charge in [0, 0.05) is 19.0 Å². The number of hydrogen-bond acceptors (Lipinski definition) is 5. The Kier molecular flexibility index (Phi) is 8.96. The van der Waals surface area contributed by atoms with Gasteiger partial charge in [0.05, 0.1) is 5.92 Å². The second-order valence-corrected chi connectivity index (χ2v) is 8.01. The molecule has 1 aliphatic rings. The number of unbranched alkanes of at least 4 members (excludes halogenated alkanes) is 1. The molecule has 0 radical (unpaired) electrons. The Bertz CT molecular complexity index is 504. The summed E-state index contributed by atoms with van der Waals surface area (Å²) < 4.78 is 5.28. The van der Waals surface area contributed by atoms with E-state index in [9.17, 15) is 14.4 Å². The van der Waals surface area contributed by atoms with Crippen molar-refractivity contribution in [3.63, 3.8) is 0 Å². The lowest BCUT2D eigenvalue weighted by atomic mass is 9.91. The number of ether oxygens (including phenoxy) is 1. The van der Waals surface area contributed by atoms with Gasteiger partial charge in [0.1, 0.15) is 17.6 Å². The van der Waals surface area contributed by atoms with E-state index >= 15 is 0 Å². The first-order valence-electron chi connectivity index (χ1n) is 9.77. The Morgan fingerprint density at radius 1 is 1.23 bits per heavy atom. The highest BCUT2D eigenvalue weighted by Crippen LogP contribution is 2.25. The summed E-state index contributed by atoms with van der Waals surface area (Å²) in [6, 6.07) is 0.142. The van der Waals surface area contributed by atoms with Crippen molar-refractivity contribution >= 4 is 23.9 Å². The summed E-state index contributed by atoms with van der Waals surface area (Å²) in [4.78, 5) is 37.9. The lowest BCUT2D eigenvalue weighted by molar-refractivity contribution is -0.148. The van der Waals surface area contributed by atoms with Crippen LogP contribution in [0.2, 0.25) is 0 Å². The number of nitrogens with one attached hydrogen (secondary N) is 1. The van der Waals surface area contributed by atoms with Crippen LogP contribution in [-0.2, 0) is 19.1 Å². The van der Waals surface area contributed by atoms with Crippen molar-refractivity contribution in [1.29, 1.82) is 5.41 Å². The fourth-order valence-corrected chi connectivity index (χ4v) is 3.39. The molecule has 0 heterocycles. The molecule has 148 valence electrons. The topological polar surface area (TPSA) is 87.5 Å². The molecule has 0 aromatic heterocycles. The molecule has 6 nitrogen and oxygen atoms in total. The minimum Gasteiger partial charge on any atom is -0.455 e. The summed E-state index contributed by atoms with van der Waals surface area (Å²) in [6.07, 6.45) is 7.52. The van der Waals surface area contributed by atoms with E-state index in [1.807, 2.05) is 11.8 Å². The molecule has 0 aromatic carbocycles. The number of amides is 1. The second-order valence-electron chi connectivity index (χ2n) is 8.01. The highest BCUT2D eigenvalue weighted by molar-refractivity contribution is 6.39. The molecule has 1 amide bonds. The van der Waals surface area contributed by atoms with Gasteiger partial charge >= 0.3 is 5.97 Å². The number of aldehydes is 1. The van der Waals surface area contributed by atoms with Crippen LogP contribution < -0.4 is 0 Å². The second kappa shape index (κ2) is 10.4. The SMILES string of the molecule is CC[C@@H](C(=N)C(=O)OC(C)(C)C)C(=O)N(CCCC=O)C1CCCCC1. The molecule has 26 heavy (non-hydrogen) atoms. The first-order chi connectivity index (χ1) is 12.2. The van der Waals surface area contributed by atoms with Gasteiger partial charge in [0.25, 0.3) is 0 Å². The zero-order chi connectivity index (χ0) is 19.7. The van der Waals surface area contributed by atoms with Crippen LogP contribution in [0.5, 0.6) is 0 Å². The Balaban J connectivity index is 2.91. The van der Waals surface area contributed by atoms with Crippen LogP contribution in [0.3, 0.4) is 0 Å². The predicted octanol–water partition coefficient (Wildman–Crippen LogP) is 3.51. The summed E-state index contributed by atoms with van der Waals surface area (Å²) >= 11 is 0. The van der Waals surface area contributed by atoms with Gasteiger partial charge in [-0.15, -0.1) is 0 Å². The van der Waals surface area contributed by atoms with Gasteiger partial charge in [0.2, 0.25) is 5.91 Å². The van der Waals surface area contributed by atoms with Crippen molar-refractivity contribution in [2.75, 3.05) is 6.54 Å². The van der Waals surface area contributed by atoms with Crippen molar-refractivity contribution in [2.24, 2.45) is 5.92 Å². The van der Waals surface area contributed by atoms with Crippen LogP contribution in [0, 0.1) is 11.3 Å². The van der Waals surface area contributed by atoms with E-state index < -0.39 is 17.5 Å². The predicted molar refractivity (Wildman–Crippen MR) is 101 cm³/mol. The van der Waals surface area contributed by atoms with E-state index in [4.69, 9.17) is 10.1 Å². The largest absolute Gasteiger partial charge is 0.455 e. The van der Waals surface area contributed by atoms with E-state index in [0.29, 0.717) is 25.8 Å². The molecule has 0 aromatic rings. The van der Waals surface area contributed by atoms with Gasteiger partial charge < -0.3 is 14.4 Å². The minimum absolute atomic E-state index is 0.142. The van der Waals surface area contributed by atoms with Crippen LogP contribution in [-0.4, -0.2) is 47.0 Å². The van der Waals surface area contributed by atoms with Gasteiger partial charge in [-0.3, -0.25) is 10.2 Å². The molecular formula is C20H34N2O4. The van der Waals surface area contributed by atoms with E-state index in [2.05, 4.69) is 0 Å². The van der Waals surface area contributed by atoms with Crippen molar-refractivity contribution in [2.45, 2.75) is 90.7 Å². The third kappa shape index (κ3) is 6.89. The quantitative estimate of drug-likeness (QED) is 0.293. The van der Waals surface area contributed by atoms with E-state index in [-0.39, 0.29) is 17.7 Å². The van der Waals surface area contributed by atoms with Crippen molar-refractivity contribution in [3.8, 4) is 0 Å². The summed E-state index contributed by atoms with van der Waals surface area (Å²) in [5.41, 5.74) is -0.971. The smallest absolute Gasteiger partial charge is 0.353 e. The van der Waals surface area contributed by atoms with Crippen LogP contribution in [0.4, 0.5) is 0 Å². The molecule has 0 aliphatic heterocycles. The zero-order valence-corrected chi connectivity index (χ0v) is 16.7. The Hall–Kier alpha value is -1.72. The monoisotopic (exact) mass is 366 g/mol. The van der Waals surface area contributed by atoms with Crippen LogP contribution in [0.1, 0.15) is 79.1 Å². The molecule has 0 saturated heterocycles. The molecule has 1 atom stereocenters. The van der Waals surface area contributed by atoms with Crippen molar-refractivity contribution in [3.05, 3.63) is 0 Å². The Morgan fingerprint density at radius 2 is 1.85 bits per heavy atom. The molecule has 1 rings (SSSR count). The normalized spacial score (nSPS) is 16.6. The lowest BCUT2D eigenvalue weighted by Crippen LogP contribution is -2.48. The molecule has 0 spiro atoms. The molecule has 0 unspecified atom stereocenters. The van der Waals surface area contributed by atoms with Gasteiger partial charge in [0.15, 0.2) is 0 Å². The van der Waals surface area contributed by atoms with E-state index in [1.54, 1.807) is 20.8 Å². The Labute approximate surface area is 157 Å². The van der Waals surface area contributed by atoms with Gasteiger partial charge in [-0.05, 0) is 46.5 Å². The third-order valence-electron chi connectivity index (χ3n) is 4.69. The van der Waals surface area contributed by atoms with Gasteiger partial charge in [-0.1, -0.05) is 26.2 Å². The fourth-order valence-electron chi connectivity index (χ4n) is 3.39. The molecule has 6 heteroatoms. The molecule has 1 saturated carbocycles. The molecule has 1 aliphatic carbocycles. The van der Waals surface area contributed by atoms with Crippen LogP contribution in [0.25, 0.3) is 0 Å². The molecule has 1 N–H and O–H groups in total. The Morgan fingerprint density at radius 3 is 2.35 bits per heavy atom. The fraction of sp³-hybridized carbons (Fsp3) is 0.800. The summed E-state index contributed by atoms with van der Waals surface area (Å²) in [6.45, 7) is 7.55. The number of carbonyl (C=O) groups excluding carboxylic acids is 3. The minimum atomic E-state index is -0.789. The average Bonchev–Trinajstić information content (AvgIpc) is 2.58. The van der Waals surface area contributed by atoms with E-state index in [1.165, 1.54) is 6.42 Å². The van der Waals surface area contributed by atoms with Crippen molar-refractivity contribution < 1.29 is 19.1 Å². The molecule has 0 bridgehead atoms. The third-order valence-corrected chi connectivity index (χ3v) is 4.69. The average molecular weight is 367 g/mol. The highest BCUT2D eigenvalue weighted by atomic mass is 16.6. The number of nitrogens with zero attached hydrogens (tertiary/aromatic N) is 1. The molecule has 1 fully saturated rings. The van der Waals surface area contributed by atoms with E-state index in [0.717, 1.165) is 32.0 Å². The first kappa shape index (κ1) is 22.3. The highest BCUT2D eigenvalue weighted by Gasteiger charge is 2.35. The van der Waals surface area contributed by atoms with Crippen LogP contribution in [0.15, 0.2) is 0 Å². The first-order valence-corrected chi connectivity index (χ1v) is 9.77. The van der Waals surface area contributed by atoms with Gasteiger partial charge in [-0.25, -0.2) is 4.79 Å². The standard InChI is InChI=1S/C20H34N2O4/c1-5-16(17(21)19(25)26-20(2,3)4)18(24)22(13-9-10-14-23)15-11-7-6-8-12-15/h14-16,21H,5-13H2,1-4H3/t16-/m0/s1. The number of rotatable bonds is 9. The van der Waals surface area contributed by atoms with Crippen LogP contribution >= 0.6 is 0 Å².